The van der Waals surface area contributed by atoms with Crippen molar-refractivity contribution in [3.63, 3.8) is 0 Å². The van der Waals surface area contributed by atoms with Crippen molar-refractivity contribution in [1.82, 2.24) is 4.90 Å². The van der Waals surface area contributed by atoms with Gasteiger partial charge in [0.15, 0.2) is 0 Å². The van der Waals surface area contributed by atoms with Crippen LogP contribution in [0.15, 0.2) is 14.3 Å². The van der Waals surface area contributed by atoms with E-state index in [0.717, 1.165) is 38.1 Å². The first-order valence-electron chi connectivity index (χ1n) is 5.89. The minimum absolute atomic E-state index is 0.204. The summed E-state index contributed by atoms with van der Waals surface area (Å²) in [7, 11) is 0. The number of thiophene rings is 1. The molecule has 92 valence electrons. The number of halogens is 2. The lowest BCUT2D eigenvalue weighted by atomic mass is 10.0. The van der Waals surface area contributed by atoms with Crippen molar-refractivity contribution in [2.75, 3.05) is 13.1 Å². The summed E-state index contributed by atoms with van der Waals surface area (Å²) in [6, 6.07) is 1.92. The van der Waals surface area contributed by atoms with E-state index < -0.39 is 0 Å². The topological polar surface area (TPSA) is 20.3 Å². The highest BCUT2D eigenvalue weighted by molar-refractivity contribution is 9.13. The fourth-order valence-corrected chi connectivity index (χ4v) is 5.01. The van der Waals surface area contributed by atoms with Crippen LogP contribution >= 0.6 is 43.2 Å². The van der Waals surface area contributed by atoms with Gasteiger partial charge in [-0.25, -0.2) is 0 Å². The first-order chi connectivity index (χ1) is 8.15. The standard InChI is InChI=1S/C12H13Br2NOS/c13-9-4-10(17-11(9)14)12(16)15-5-7-2-1-3-8(7)6-15/h4,7-8H,1-3,5-6H2. The molecule has 3 rings (SSSR count). The van der Waals surface area contributed by atoms with Gasteiger partial charge in [-0.05, 0) is 62.6 Å². The lowest BCUT2D eigenvalue weighted by molar-refractivity contribution is 0.0785. The zero-order chi connectivity index (χ0) is 12.0. The Balaban J connectivity index is 1.75. The second-order valence-corrected chi connectivity index (χ2v) is 8.12. The van der Waals surface area contributed by atoms with Gasteiger partial charge < -0.3 is 4.90 Å². The van der Waals surface area contributed by atoms with Crippen molar-refractivity contribution in [3.05, 3.63) is 19.2 Å². The molecular formula is C12H13Br2NOS. The Hall–Kier alpha value is 0.130. The molecule has 17 heavy (non-hydrogen) atoms. The van der Waals surface area contributed by atoms with Crippen LogP contribution in [0.2, 0.25) is 0 Å². The number of hydrogen-bond acceptors (Lipinski definition) is 2. The predicted molar refractivity (Wildman–Crippen MR) is 76.5 cm³/mol. The van der Waals surface area contributed by atoms with Crippen LogP contribution in [-0.2, 0) is 0 Å². The summed E-state index contributed by atoms with van der Waals surface area (Å²) in [6.45, 7) is 1.94. The third-order valence-electron chi connectivity index (χ3n) is 3.87. The minimum Gasteiger partial charge on any atom is -0.337 e. The maximum atomic E-state index is 12.3. The lowest BCUT2D eigenvalue weighted by Gasteiger charge is -2.15. The monoisotopic (exact) mass is 377 g/mol. The Kier molecular flexibility index (Phi) is 3.34. The average Bonchev–Trinajstić information content (AvgIpc) is 2.92. The Bertz CT molecular complexity index is 428. The van der Waals surface area contributed by atoms with Crippen molar-refractivity contribution in [2.45, 2.75) is 19.3 Å². The van der Waals surface area contributed by atoms with E-state index in [4.69, 9.17) is 0 Å². The van der Waals surface area contributed by atoms with E-state index in [1.54, 1.807) is 0 Å². The van der Waals surface area contributed by atoms with Gasteiger partial charge in [-0.1, -0.05) is 6.42 Å². The first-order valence-corrected chi connectivity index (χ1v) is 8.29. The molecule has 0 spiro atoms. The van der Waals surface area contributed by atoms with Gasteiger partial charge in [-0.3, -0.25) is 4.79 Å². The molecule has 2 atom stereocenters. The summed E-state index contributed by atoms with van der Waals surface area (Å²) in [6.07, 6.45) is 3.98. The second-order valence-electron chi connectivity index (χ2n) is 4.89. The summed E-state index contributed by atoms with van der Waals surface area (Å²) >= 11 is 8.39. The number of nitrogens with zero attached hydrogens (tertiary/aromatic N) is 1. The molecule has 0 aromatic carbocycles. The van der Waals surface area contributed by atoms with Gasteiger partial charge in [-0.15, -0.1) is 11.3 Å². The molecule has 2 fully saturated rings. The van der Waals surface area contributed by atoms with E-state index in [1.165, 1.54) is 30.6 Å². The molecule has 2 aliphatic rings. The lowest BCUT2D eigenvalue weighted by Crippen LogP contribution is -2.28. The number of carbonyl (C=O) groups excluding carboxylic acids is 1. The van der Waals surface area contributed by atoms with Gasteiger partial charge >= 0.3 is 0 Å². The van der Waals surface area contributed by atoms with Crippen molar-refractivity contribution in [2.24, 2.45) is 11.8 Å². The van der Waals surface area contributed by atoms with Crippen LogP contribution in [0.25, 0.3) is 0 Å². The van der Waals surface area contributed by atoms with Gasteiger partial charge in [0.1, 0.15) is 0 Å². The zero-order valence-electron chi connectivity index (χ0n) is 9.29. The smallest absolute Gasteiger partial charge is 0.264 e. The van der Waals surface area contributed by atoms with Crippen LogP contribution in [-0.4, -0.2) is 23.9 Å². The zero-order valence-corrected chi connectivity index (χ0v) is 13.3. The van der Waals surface area contributed by atoms with Gasteiger partial charge in [0.2, 0.25) is 0 Å². The summed E-state index contributed by atoms with van der Waals surface area (Å²) in [5.74, 6) is 1.74. The van der Waals surface area contributed by atoms with E-state index in [2.05, 4.69) is 31.9 Å². The van der Waals surface area contributed by atoms with Crippen molar-refractivity contribution in [1.29, 1.82) is 0 Å². The minimum atomic E-state index is 0.204. The predicted octanol–water partition coefficient (Wildman–Crippen LogP) is 4.15. The molecule has 1 saturated carbocycles. The number of fused-ring (bicyclic) bond motifs is 1. The van der Waals surface area contributed by atoms with E-state index in [0.29, 0.717) is 0 Å². The molecule has 0 bridgehead atoms. The van der Waals surface area contributed by atoms with Crippen molar-refractivity contribution < 1.29 is 4.79 Å². The Labute approximate surface area is 122 Å². The van der Waals surface area contributed by atoms with Crippen LogP contribution in [0.3, 0.4) is 0 Å². The molecule has 5 heteroatoms. The molecule has 1 saturated heterocycles. The molecule has 0 radical (unpaired) electrons. The fourth-order valence-electron chi connectivity index (χ4n) is 3.01. The van der Waals surface area contributed by atoms with Gasteiger partial charge in [-0.2, -0.15) is 0 Å². The maximum Gasteiger partial charge on any atom is 0.264 e. The highest BCUT2D eigenvalue weighted by Gasteiger charge is 2.38. The molecular weight excluding hydrogens is 366 g/mol. The van der Waals surface area contributed by atoms with Crippen LogP contribution < -0.4 is 0 Å². The number of hydrogen-bond donors (Lipinski definition) is 0. The molecule has 2 unspecified atom stereocenters. The highest BCUT2D eigenvalue weighted by atomic mass is 79.9. The molecule has 0 N–H and O–H groups in total. The number of likely N-dealkylation sites (tertiary alicyclic amines) is 1. The Morgan fingerprint density at radius 1 is 1.29 bits per heavy atom. The van der Waals surface area contributed by atoms with Crippen LogP contribution in [0, 0.1) is 11.8 Å². The first kappa shape index (κ1) is 12.2. The Morgan fingerprint density at radius 3 is 2.47 bits per heavy atom. The van der Waals surface area contributed by atoms with E-state index in [1.807, 2.05) is 11.0 Å². The second kappa shape index (κ2) is 4.67. The largest absolute Gasteiger partial charge is 0.337 e. The SMILES string of the molecule is O=C(c1cc(Br)c(Br)s1)N1CC2CCCC2C1. The number of carbonyl (C=O) groups is 1. The van der Waals surface area contributed by atoms with Crippen LogP contribution in [0.5, 0.6) is 0 Å². The van der Waals surface area contributed by atoms with Crippen LogP contribution in [0.1, 0.15) is 28.9 Å². The maximum absolute atomic E-state index is 12.3. The third kappa shape index (κ3) is 2.22. The van der Waals surface area contributed by atoms with Crippen molar-refractivity contribution >= 4 is 49.1 Å². The highest BCUT2D eigenvalue weighted by Crippen LogP contribution is 2.39. The van der Waals surface area contributed by atoms with Crippen LogP contribution in [0.4, 0.5) is 0 Å². The van der Waals surface area contributed by atoms with Gasteiger partial charge in [0, 0.05) is 17.6 Å². The average molecular weight is 379 g/mol. The van der Waals surface area contributed by atoms with E-state index in [9.17, 15) is 4.79 Å². The molecule has 1 amide bonds. The summed E-state index contributed by atoms with van der Waals surface area (Å²) in [5, 5.41) is 0. The number of amides is 1. The molecule has 2 heterocycles. The third-order valence-corrected chi connectivity index (χ3v) is 7.11. The Morgan fingerprint density at radius 2 is 1.94 bits per heavy atom. The van der Waals surface area contributed by atoms with Gasteiger partial charge in [0.05, 0.1) is 8.66 Å². The fraction of sp³-hybridized carbons (Fsp3) is 0.583. The molecule has 1 aliphatic carbocycles. The van der Waals surface area contributed by atoms with Gasteiger partial charge in [0.25, 0.3) is 5.91 Å². The normalized spacial score (nSPS) is 27.5. The summed E-state index contributed by atoms with van der Waals surface area (Å²) in [5.41, 5.74) is 0. The molecule has 1 aliphatic heterocycles. The van der Waals surface area contributed by atoms with E-state index >= 15 is 0 Å². The number of rotatable bonds is 1. The summed E-state index contributed by atoms with van der Waals surface area (Å²) < 4.78 is 1.98. The summed E-state index contributed by atoms with van der Waals surface area (Å²) in [4.78, 5) is 15.2. The molecule has 1 aromatic heterocycles. The molecule has 1 aromatic rings. The molecule has 2 nitrogen and oxygen atoms in total. The van der Waals surface area contributed by atoms with Crippen molar-refractivity contribution in [3.8, 4) is 0 Å². The van der Waals surface area contributed by atoms with E-state index in [-0.39, 0.29) is 5.91 Å². The quantitative estimate of drug-likeness (QED) is 0.718.